The van der Waals surface area contributed by atoms with Crippen molar-refractivity contribution in [3.8, 4) is 0 Å². The summed E-state index contributed by atoms with van der Waals surface area (Å²) < 4.78 is 0. The Morgan fingerprint density at radius 2 is 2.19 bits per heavy atom. The zero-order valence-electron chi connectivity index (χ0n) is 9.82. The SMILES string of the molecule is O=C([C@@H]1CCCCN1)N1CCC[C@H](CO)C1. The molecule has 2 rings (SSSR count). The van der Waals surface area contributed by atoms with Crippen LogP contribution in [0.15, 0.2) is 0 Å². The van der Waals surface area contributed by atoms with Crippen LogP contribution in [0.4, 0.5) is 0 Å². The molecule has 2 aliphatic heterocycles. The molecule has 0 unspecified atom stereocenters. The van der Waals surface area contributed by atoms with Gasteiger partial charge < -0.3 is 15.3 Å². The van der Waals surface area contributed by atoms with Gasteiger partial charge in [-0.2, -0.15) is 0 Å². The van der Waals surface area contributed by atoms with Gasteiger partial charge in [0.05, 0.1) is 6.04 Å². The number of aliphatic hydroxyl groups is 1. The lowest BCUT2D eigenvalue weighted by Gasteiger charge is -2.35. The van der Waals surface area contributed by atoms with E-state index in [2.05, 4.69) is 5.32 Å². The van der Waals surface area contributed by atoms with E-state index in [1.165, 1.54) is 6.42 Å². The molecule has 0 saturated carbocycles. The highest BCUT2D eigenvalue weighted by atomic mass is 16.3. The Bertz CT molecular complexity index is 239. The number of nitrogens with one attached hydrogen (secondary N) is 1. The molecule has 2 N–H and O–H groups in total. The molecule has 2 aliphatic rings. The summed E-state index contributed by atoms with van der Waals surface area (Å²) >= 11 is 0. The summed E-state index contributed by atoms with van der Waals surface area (Å²) in [5.41, 5.74) is 0. The van der Waals surface area contributed by atoms with Gasteiger partial charge in [0.15, 0.2) is 0 Å². The van der Waals surface area contributed by atoms with E-state index >= 15 is 0 Å². The molecule has 2 fully saturated rings. The highest BCUT2D eigenvalue weighted by Gasteiger charge is 2.29. The molecule has 16 heavy (non-hydrogen) atoms. The molecule has 0 spiro atoms. The normalized spacial score (nSPS) is 31.4. The van der Waals surface area contributed by atoms with E-state index in [0.717, 1.165) is 45.3 Å². The Balaban J connectivity index is 1.87. The second-order valence-corrected chi connectivity index (χ2v) is 4.98. The third-order valence-electron chi connectivity index (χ3n) is 3.70. The highest BCUT2D eigenvalue weighted by Crippen LogP contribution is 2.18. The first-order valence-corrected chi connectivity index (χ1v) is 6.44. The number of amides is 1. The zero-order valence-corrected chi connectivity index (χ0v) is 9.82. The molecule has 2 heterocycles. The van der Waals surface area contributed by atoms with Crippen LogP contribution in [0.5, 0.6) is 0 Å². The van der Waals surface area contributed by atoms with E-state index in [1.807, 2.05) is 4.90 Å². The predicted octanol–water partition coefficient (Wildman–Crippen LogP) is 0.359. The average molecular weight is 226 g/mol. The van der Waals surface area contributed by atoms with E-state index in [4.69, 9.17) is 5.11 Å². The Morgan fingerprint density at radius 3 is 2.88 bits per heavy atom. The first kappa shape index (κ1) is 11.9. The van der Waals surface area contributed by atoms with Crippen LogP contribution < -0.4 is 5.32 Å². The van der Waals surface area contributed by atoms with Gasteiger partial charge in [-0.05, 0) is 38.1 Å². The monoisotopic (exact) mass is 226 g/mol. The molecule has 0 aliphatic carbocycles. The van der Waals surface area contributed by atoms with Crippen molar-refractivity contribution in [3.63, 3.8) is 0 Å². The third kappa shape index (κ3) is 2.74. The summed E-state index contributed by atoms with van der Waals surface area (Å²) in [6, 6.07) is 0.0335. The number of carbonyl (C=O) groups is 1. The molecule has 92 valence electrons. The van der Waals surface area contributed by atoms with E-state index < -0.39 is 0 Å². The number of aliphatic hydroxyl groups excluding tert-OH is 1. The molecule has 0 aromatic carbocycles. The number of likely N-dealkylation sites (tertiary alicyclic amines) is 1. The van der Waals surface area contributed by atoms with Crippen molar-refractivity contribution in [1.29, 1.82) is 0 Å². The van der Waals surface area contributed by atoms with Gasteiger partial charge in [0.1, 0.15) is 0 Å². The number of rotatable bonds is 2. The third-order valence-corrected chi connectivity index (χ3v) is 3.70. The molecule has 2 saturated heterocycles. The summed E-state index contributed by atoms with van der Waals surface area (Å²) in [7, 11) is 0. The molecule has 0 bridgehead atoms. The van der Waals surface area contributed by atoms with E-state index in [1.54, 1.807) is 0 Å². The van der Waals surface area contributed by atoms with Crippen LogP contribution in [0.2, 0.25) is 0 Å². The summed E-state index contributed by atoms with van der Waals surface area (Å²) in [5, 5.41) is 12.4. The van der Waals surface area contributed by atoms with E-state index in [9.17, 15) is 4.79 Å². The van der Waals surface area contributed by atoms with Crippen molar-refractivity contribution < 1.29 is 9.90 Å². The minimum atomic E-state index is 0.0335. The fourth-order valence-corrected chi connectivity index (χ4v) is 2.70. The summed E-state index contributed by atoms with van der Waals surface area (Å²) in [4.78, 5) is 14.1. The molecule has 1 amide bonds. The van der Waals surface area contributed by atoms with Gasteiger partial charge in [0.2, 0.25) is 5.91 Å². The Labute approximate surface area is 97.0 Å². The van der Waals surface area contributed by atoms with Gasteiger partial charge >= 0.3 is 0 Å². The van der Waals surface area contributed by atoms with Gasteiger partial charge in [0.25, 0.3) is 0 Å². The van der Waals surface area contributed by atoms with Crippen molar-refractivity contribution in [2.45, 2.75) is 38.1 Å². The number of carbonyl (C=O) groups excluding carboxylic acids is 1. The molecular weight excluding hydrogens is 204 g/mol. The van der Waals surface area contributed by atoms with Crippen molar-refractivity contribution in [2.24, 2.45) is 5.92 Å². The van der Waals surface area contributed by atoms with Gasteiger partial charge in [-0.3, -0.25) is 4.79 Å². The van der Waals surface area contributed by atoms with Crippen LogP contribution in [0, 0.1) is 5.92 Å². The summed E-state index contributed by atoms with van der Waals surface area (Å²) in [6.07, 6.45) is 5.39. The van der Waals surface area contributed by atoms with Crippen LogP contribution in [0.1, 0.15) is 32.1 Å². The number of hydrogen-bond acceptors (Lipinski definition) is 3. The van der Waals surface area contributed by atoms with Crippen molar-refractivity contribution in [3.05, 3.63) is 0 Å². The Kier molecular flexibility index (Phi) is 4.18. The molecule has 4 nitrogen and oxygen atoms in total. The van der Waals surface area contributed by atoms with Crippen molar-refractivity contribution in [1.82, 2.24) is 10.2 Å². The lowest BCUT2D eigenvalue weighted by molar-refractivity contribution is -0.136. The van der Waals surface area contributed by atoms with Gasteiger partial charge in [-0.15, -0.1) is 0 Å². The summed E-state index contributed by atoms with van der Waals surface area (Å²) in [6.45, 7) is 2.79. The first-order valence-electron chi connectivity index (χ1n) is 6.44. The van der Waals surface area contributed by atoms with Crippen LogP contribution in [0.3, 0.4) is 0 Å². The first-order chi connectivity index (χ1) is 7.81. The number of hydrogen-bond donors (Lipinski definition) is 2. The molecule has 0 aromatic heterocycles. The number of nitrogens with zero attached hydrogens (tertiary/aromatic N) is 1. The minimum Gasteiger partial charge on any atom is -0.396 e. The molecule has 0 radical (unpaired) electrons. The largest absolute Gasteiger partial charge is 0.396 e. The Hall–Kier alpha value is -0.610. The zero-order chi connectivity index (χ0) is 11.4. The maximum Gasteiger partial charge on any atom is 0.239 e. The maximum atomic E-state index is 12.2. The Morgan fingerprint density at radius 1 is 1.31 bits per heavy atom. The predicted molar refractivity (Wildman–Crippen MR) is 62.0 cm³/mol. The second kappa shape index (κ2) is 5.64. The smallest absolute Gasteiger partial charge is 0.239 e. The van der Waals surface area contributed by atoms with Crippen LogP contribution in [0.25, 0.3) is 0 Å². The minimum absolute atomic E-state index is 0.0335. The fourth-order valence-electron chi connectivity index (χ4n) is 2.70. The van der Waals surface area contributed by atoms with Crippen molar-refractivity contribution in [2.75, 3.05) is 26.2 Å². The topological polar surface area (TPSA) is 52.6 Å². The van der Waals surface area contributed by atoms with Gasteiger partial charge in [-0.25, -0.2) is 0 Å². The molecular formula is C12H22N2O2. The lowest BCUT2D eigenvalue weighted by Crippen LogP contribution is -2.51. The quantitative estimate of drug-likeness (QED) is 0.715. The molecule has 4 heteroatoms. The highest BCUT2D eigenvalue weighted by molar-refractivity contribution is 5.82. The van der Waals surface area contributed by atoms with Crippen LogP contribution in [-0.4, -0.2) is 48.2 Å². The second-order valence-electron chi connectivity index (χ2n) is 4.98. The van der Waals surface area contributed by atoms with Crippen LogP contribution >= 0.6 is 0 Å². The standard InChI is InChI=1S/C12H22N2O2/c15-9-10-4-3-7-14(8-10)12(16)11-5-1-2-6-13-11/h10-11,13,15H,1-9H2/t10-,11-/m0/s1. The summed E-state index contributed by atoms with van der Waals surface area (Å²) in [5.74, 6) is 0.541. The van der Waals surface area contributed by atoms with Crippen molar-refractivity contribution >= 4 is 5.91 Å². The fraction of sp³-hybridized carbons (Fsp3) is 0.917. The van der Waals surface area contributed by atoms with E-state index in [-0.39, 0.29) is 18.6 Å². The lowest BCUT2D eigenvalue weighted by atomic mass is 9.97. The molecule has 0 aromatic rings. The molecule has 2 atom stereocenters. The van der Waals surface area contributed by atoms with Crippen LogP contribution in [-0.2, 0) is 4.79 Å². The van der Waals surface area contributed by atoms with E-state index in [0.29, 0.717) is 5.92 Å². The van der Waals surface area contributed by atoms with Gasteiger partial charge in [0, 0.05) is 19.7 Å². The average Bonchev–Trinajstić information content (AvgIpc) is 2.39. The van der Waals surface area contributed by atoms with Gasteiger partial charge in [-0.1, -0.05) is 6.42 Å². The number of piperidine rings is 2. The maximum absolute atomic E-state index is 12.2.